The highest BCUT2D eigenvalue weighted by Crippen LogP contribution is 2.19. The summed E-state index contributed by atoms with van der Waals surface area (Å²) in [4.78, 5) is 41.7. The fraction of sp³-hybridized carbons (Fsp3) is 0.238. The number of nitrogens with one attached hydrogen (secondary N) is 2. The van der Waals surface area contributed by atoms with Crippen LogP contribution in [0.3, 0.4) is 0 Å². The van der Waals surface area contributed by atoms with Gasteiger partial charge in [-0.3, -0.25) is 19.0 Å². The lowest BCUT2D eigenvalue weighted by atomic mass is 10.2. The Labute approximate surface area is 169 Å². The van der Waals surface area contributed by atoms with Crippen molar-refractivity contribution in [1.82, 2.24) is 9.55 Å². The van der Waals surface area contributed by atoms with Crippen LogP contribution in [0.5, 0.6) is 0 Å². The molecule has 2 heterocycles. The van der Waals surface area contributed by atoms with E-state index in [1.54, 1.807) is 10.6 Å². The van der Waals surface area contributed by atoms with E-state index in [-0.39, 0.29) is 16.9 Å². The molecule has 0 saturated carbocycles. The Balaban J connectivity index is 1.56. The zero-order chi connectivity index (χ0) is 21.3. The molecule has 0 bridgehead atoms. The van der Waals surface area contributed by atoms with Crippen molar-refractivity contribution in [3.63, 3.8) is 0 Å². The van der Waals surface area contributed by atoms with E-state index in [9.17, 15) is 23.2 Å². The van der Waals surface area contributed by atoms with E-state index in [2.05, 4.69) is 15.6 Å². The summed E-state index contributed by atoms with van der Waals surface area (Å²) < 4.78 is 28.3. The molecule has 0 fully saturated rings. The number of nitrogens with zero attached hydrogens (tertiary/aromatic N) is 2. The quantitative estimate of drug-likeness (QED) is 0.633. The Morgan fingerprint density at radius 3 is 2.57 bits per heavy atom. The molecule has 2 amide bonds. The van der Waals surface area contributed by atoms with Crippen LogP contribution in [0.25, 0.3) is 10.9 Å². The third-order valence-electron chi connectivity index (χ3n) is 4.96. The van der Waals surface area contributed by atoms with Crippen molar-refractivity contribution in [2.45, 2.75) is 32.2 Å². The number of fused-ring (bicyclic) bond motifs is 2. The fourth-order valence-corrected chi connectivity index (χ4v) is 3.45. The normalized spacial score (nSPS) is 13.4. The molecule has 0 aliphatic carbocycles. The van der Waals surface area contributed by atoms with Crippen molar-refractivity contribution in [3.05, 3.63) is 64.2 Å². The summed E-state index contributed by atoms with van der Waals surface area (Å²) in [5, 5.41) is 4.80. The molecule has 0 atom stereocenters. The first kappa shape index (κ1) is 19.7. The molecular formula is C21H18F2N4O3. The number of hydrogen-bond donors (Lipinski definition) is 2. The number of benzene rings is 2. The van der Waals surface area contributed by atoms with Crippen LogP contribution in [0.4, 0.5) is 20.2 Å². The second-order valence-electron chi connectivity index (χ2n) is 7.06. The average molecular weight is 412 g/mol. The number of carbonyl (C=O) groups excluding carboxylic acids is 2. The number of rotatable bonds is 2. The van der Waals surface area contributed by atoms with Gasteiger partial charge in [-0.1, -0.05) is 6.42 Å². The molecular weight excluding hydrogens is 394 g/mol. The maximum absolute atomic E-state index is 13.7. The lowest BCUT2D eigenvalue weighted by Crippen LogP contribution is -2.29. The molecule has 154 valence electrons. The molecule has 0 unspecified atom stereocenters. The van der Waals surface area contributed by atoms with Crippen molar-refractivity contribution < 1.29 is 18.4 Å². The van der Waals surface area contributed by atoms with E-state index in [0.717, 1.165) is 43.6 Å². The number of aryl methyl sites for hydroxylation is 1. The molecule has 0 saturated heterocycles. The number of carbonyl (C=O) groups is 2. The minimum absolute atomic E-state index is 0.189. The minimum Gasteiger partial charge on any atom is -0.318 e. The van der Waals surface area contributed by atoms with E-state index < -0.39 is 23.4 Å². The first-order valence-corrected chi connectivity index (χ1v) is 9.53. The molecule has 3 aromatic rings. The second-order valence-corrected chi connectivity index (χ2v) is 7.06. The molecule has 1 aromatic heterocycles. The summed E-state index contributed by atoms with van der Waals surface area (Å²) in [6, 6.07) is 7.18. The van der Waals surface area contributed by atoms with Gasteiger partial charge in [0.2, 0.25) is 0 Å². The van der Waals surface area contributed by atoms with Crippen LogP contribution >= 0.6 is 0 Å². The van der Waals surface area contributed by atoms with Crippen molar-refractivity contribution >= 4 is 34.1 Å². The monoisotopic (exact) mass is 412 g/mol. The Hall–Kier alpha value is -3.62. The van der Waals surface area contributed by atoms with Gasteiger partial charge in [0.1, 0.15) is 17.5 Å². The highest BCUT2D eigenvalue weighted by Gasteiger charge is 2.18. The smallest absolute Gasteiger partial charge is 0.314 e. The summed E-state index contributed by atoms with van der Waals surface area (Å²) in [5.74, 6) is -3.23. The number of anilines is 2. The molecule has 7 nitrogen and oxygen atoms in total. The third-order valence-corrected chi connectivity index (χ3v) is 4.96. The SMILES string of the molecule is O=C(Nc1ccc2nc3n(c(=O)c2c1)CCCCC3)C(=O)Nc1ccc(F)cc1F. The van der Waals surface area contributed by atoms with E-state index in [4.69, 9.17) is 0 Å². The maximum atomic E-state index is 13.7. The molecule has 30 heavy (non-hydrogen) atoms. The highest BCUT2D eigenvalue weighted by molar-refractivity contribution is 6.43. The van der Waals surface area contributed by atoms with Crippen LogP contribution in [-0.2, 0) is 22.6 Å². The van der Waals surface area contributed by atoms with Gasteiger partial charge in [-0.2, -0.15) is 0 Å². The standard InChI is InChI=1S/C21H18F2N4O3/c22-12-5-7-17(15(23)10-12)26-20(29)19(28)24-13-6-8-16-14(11-13)21(30)27-9-3-1-2-4-18(27)25-16/h5-8,10-11H,1-4,9H2,(H,24,28)(H,26,29). The van der Waals surface area contributed by atoms with Crippen LogP contribution in [0.15, 0.2) is 41.2 Å². The third kappa shape index (κ3) is 3.91. The lowest BCUT2D eigenvalue weighted by molar-refractivity contribution is -0.133. The summed E-state index contributed by atoms with van der Waals surface area (Å²) in [5.41, 5.74) is 0.241. The number of aromatic nitrogens is 2. The Morgan fingerprint density at radius 1 is 0.967 bits per heavy atom. The van der Waals surface area contributed by atoms with Gasteiger partial charge in [0.15, 0.2) is 0 Å². The molecule has 9 heteroatoms. The molecule has 4 rings (SSSR count). The van der Waals surface area contributed by atoms with Crippen LogP contribution in [0.1, 0.15) is 25.1 Å². The van der Waals surface area contributed by atoms with Gasteiger partial charge in [0, 0.05) is 24.7 Å². The Bertz CT molecular complexity index is 1220. The minimum atomic E-state index is -1.13. The van der Waals surface area contributed by atoms with Gasteiger partial charge < -0.3 is 10.6 Å². The molecule has 2 N–H and O–H groups in total. The first-order chi connectivity index (χ1) is 14.4. The van der Waals surface area contributed by atoms with Gasteiger partial charge in [-0.25, -0.2) is 13.8 Å². The first-order valence-electron chi connectivity index (χ1n) is 9.53. The van der Waals surface area contributed by atoms with E-state index >= 15 is 0 Å². The number of hydrogen-bond acceptors (Lipinski definition) is 4. The van der Waals surface area contributed by atoms with Crippen LogP contribution in [0.2, 0.25) is 0 Å². The van der Waals surface area contributed by atoms with Crippen LogP contribution in [0, 0.1) is 11.6 Å². The van der Waals surface area contributed by atoms with E-state index in [1.165, 1.54) is 12.1 Å². The highest BCUT2D eigenvalue weighted by atomic mass is 19.1. The van der Waals surface area contributed by atoms with E-state index in [1.807, 2.05) is 0 Å². The summed E-state index contributed by atoms with van der Waals surface area (Å²) in [6.45, 7) is 0.597. The zero-order valence-corrected chi connectivity index (χ0v) is 15.9. The van der Waals surface area contributed by atoms with Crippen molar-refractivity contribution in [1.29, 1.82) is 0 Å². The topological polar surface area (TPSA) is 93.1 Å². The Kier molecular flexibility index (Phi) is 5.26. The van der Waals surface area contributed by atoms with Gasteiger partial charge in [-0.15, -0.1) is 0 Å². The largest absolute Gasteiger partial charge is 0.318 e. The molecule has 0 radical (unpaired) electrons. The van der Waals surface area contributed by atoms with Gasteiger partial charge in [-0.05, 0) is 43.2 Å². The fourth-order valence-electron chi connectivity index (χ4n) is 3.45. The van der Waals surface area contributed by atoms with Crippen molar-refractivity contribution in [2.75, 3.05) is 10.6 Å². The molecule has 2 aromatic carbocycles. The lowest BCUT2D eigenvalue weighted by Gasteiger charge is -2.11. The molecule has 1 aliphatic heterocycles. The number of halogens is 2. The maximum Gasteiger partial charge on any atom is 0.314 e. The predicted octanol–water partition coefficient (Wildman–Crippen LogP) is 2.98. The molecule has 1 aliphatic rings. The van der Waals surface area contributed by atoms with Gasteiger partial charge >= 0.3 is 11.8 Å². The van der Waals surface area contributed by atoms with Crippen molar-refractivity contribution in [2.24, 2.45) is 0 Å². The van der Waals surface area contributed by atoms with Gasteiger partial charge in [0.05, 0.1) is 16.6 Å². The van der Waals surface area contributed by atoms with Crippen molar-refractivity contribution in [3.8, 4) is 0 Å². The summed E-state index contributed by atoms with van der Waals surface area (Å²) in [6.07, 6.45) is 3.65. The summed E-state index contributed by atoms with van der Waals surface area (Å²) in [7, 11) is 0. The van der Waals surface area contributed by atoms with Crippen LogP contribution < -0.4 is 16.2 Å². The summed E-state index contributed by atoms with van der Waals surface area (Å²) >= 11 is 0. The van der Waals surface area contributed by atoms with Crippen LogP contribution in [-0.4, -0.2) is 21.4 Å². The average Bonchev–Trinajstić information content (AvgIpc) is 2.96. The predicted molar refractivity (Wildman–Crippen MR) is 107 cm³/mol. The van der Waals surface area contributed by atoms with Gasteiger partial charge in [0.25, 0.3) is 5.56 Å². The van der Waals surface area contributed by atoms with E-state index in [0.29, 0.717) is 23.5 Å². The Morgan fingerprint density at radius 2 is 1.77 bits per heavy atom. The zero-order valence-electron chi connectivity index (χ0n) is 15.9. The number of amides is 2. The molecule has 0 spiro atoms. The second kappa shape index (κ2) is 8.02.